The van der Waals surface area contributed by atoms with Crippen LogP contribution in [0.15, 0.2) is 18.2 Å². The van der Waals surface area contributed by atoms with Crippen molar-refractivity contribution in [2.45, 2.75) is 26.7 Å². The molecule has 2 aromatic rings. The molecule has 1 aromatic carbocycles. The molecule has 0 atom stereocenters. The molecule has 0 saturated heterocycles. The molecule has 3 nitrogen and oxygen atoms in total. The van der Waals surface area contributed by atoms with E-state index in [4.69, 9.17) is 5.73 Å². The lowest BCUT2D eigenvalue weighted by Gasteiger charge is -1.96. The van der Waals surface area contributed by atoms with Gasteiger partial charge in [0.25, 0.3) is 0 Å². The molecular formula is C13H16N2O. The minimum absolute atomic E-state index is 0.163. The van der Waals surface area contributed by atoms with Crippen LogP contribution in [0.5, 0.6) is 0 Å². The standard InChI is InChI=1S/C13H16N2O/c1-3-5-11(16)12-8(2)9-6-4-7-10(14)13(9)15-12/h4,6-7,15H,3,5,14H2,1-2H3. The van der Waals surface area contributed by atoms with Crippen LogP contribution in [-0.4, -0.2) is 10.8 Å². The summed E-state index contributed by atoms with van der Waals surface area (Å²) in [6.45, 7) is 3.96. The summed E-state index contributed by atoms with van der Waals surface area (Å²) in [4.78, 5) is 15.0. The average molecular weight is 216 g/mol. The largest absolute Gasteiger partial charge is 0.397 e. The Morgan fingerprint density at radius 2 is 2.19 bits per heavy atom. The lowest BCUT2D eigenvalue weighted by Crippen LogP contribution is -2.00. The molecule has 1 aromatic heterocycles. The number of aromatic amines is 1. The first kappa shape index (κ1) is 10.7. The summed E-state index contributed by atoms with van der Waals surface area (Å²) in [5, 5.41) is 1.04. The molecule has 0 bridgehead atoms. The molecule has 0 radical (unpaired) electrons. The van der Waals surface area contributed by atoms with Crippen molar-refractivity contribution in [1.29, 1.82) is 0 Å². The van der Waals surface area contributed by atoms with Crippen LogP contribution in [0.3, 0.4) is 0 Å². The van der Waals surface area contributed by atoms with Crippen molar-refractivity contribution in [2.75, 3.05) is 5.73 Å². The molecule has 84 valence electrons. The van der Waals surface area contributed by atoms with E-state index >= 15 is 0 Å². The number of nitrogens with one attached hydrogen (secondary N) is 1. The number of aryl methyl sites for hydroxylation is 1. The second-order valence-corrected chi connectivity index (χ2v) is 4.07. The number of carbonyl (C=O) groups is 1. The van der Waals surface area contributed by atoms with Crippen molar-refractivity contribution in [2.24, 2.45) is 0 Å². The molecule has 1 heterocycles. The van der Waals surface area contributed by atoms with E-state index in [9.17, 15) is 4.79 Å². The van der Waals surface area contributed by atoms with Crippen LogP contribution in [0.4, 0.5) is 5.69 Å². The molecular weight excluding hydrogens is 200 g/mol. The highest BCUT2D eigenvalue weighted by Gasteiger charge is 2.14. The van der Waals surface area contributed by atoms with Gasteiger partial charge in [-0.15, -0.1) is 0 Å². The van der Waals surface area contributed by atoms with Gasteiger partial charge in [-0.2, -0.15) is 0 Å². The SMILES string of the molecule is CCCC(=O)c1[nH]c2c(N)cccc2c1C. The second kappa shape index (κ2) is 4.00. The van der Waals surface area contributed by atoms with Crippen molar-refractivity contribution in [3.8, 4) is 0 Å². The number of nitrogens with two attached hydrogens (primary N) is 1. The molecule has 16 heavy (non-hydrogen) atoms. The van der Waals surface area contributed by atoms with E-state index in [2.05, 4.69) is 4.98 Å². The van der Waals surface area contributed by atoms with Gasteiger partial charge in [-0.1, -0.05) is 19.1 Å². The van der Waals surface area contributed by atoms with Crippen molar-refractivity contribution < 1.29 is 4.79 Å². The minimum Gasteiger partial charge on any atom is -0.397 e. The monoisotopic (exact) mass is 216 g/mol. The number of hydrogen-bond acceptors (Lipinski definition) is 2. The summed E-state index contributed by atoms with van der Waals surface area (Å²) in [5.74, 6) is 0.163. The summed E-state index contributed by atoms with van der Waals surface area (Å²) < 4.78 is 0. The Hall–Kier alpha value is -1.77. The summed E-state index contributed by atoms with van der Waals surface area (Å²) in [6.07, 6.45) is 1.44. The van der Waals surface area contributed by atoms with E-state index < -0.39 is 0 Å². The van der Waals surface area contributed by atoms with Gasteiger partial charge in [0.05, 0.1) is 16.9 Å². The highest BCUT2D eigenvalue weighted by molar-refractivity contribution is 6.04. The van der Waals surface area contributed by atoms with Crippen molar-refractivity contribution >= 4 is 22.4 Å². The van der Waals surface area contributed by atoms with Gasteiger partial charge in [0.2, 0.25) is 0 Å². The number of benzene rings is 1. The van der Waals surface area contributed by atoms with Crippen molar-refractivity contribution in [1.82, 2.24) is 4.98 Å². The number of para-hydroxylation sites is 1. The Morgan fingerprint density at radius 3 is 2.81 bits per heavy atom. The molecule has 0 amide bonds. The molecule has 0 unspecified atom stereocenters. The molecule has 2 rings (SSSR count). The highest BCUT2D eigenvalue weighted by atomic mass is 16.1. The maximum absolute atomic E-state index is 11.9. The third-order valence-electron chi connectivity index (χ3n) is 2.88. The molecule has 0 aliphatic carbocycles. The van der Waals surface area contributed by atoms with Gasteiger partial charge in [-0.25, -0.2) is 0 Å². The van der Waals surface area contributed by atoms with Crippen LogP contribution in [0.2, 0.25) is 0 Å². The third-order valence-corrected chi connectivity index (χ3v) is 2.88. The van der Waals surface area contributed by atoms with E-state index in [1.807, 2.05) is 32.0 Å². The minimum atomic E-state index is 0.163. The van der Waals surface area contributed by atoms with Crippen LogP contribution in [0.25, 0.3) is 10.9 Å². The first-order valence-electron chi connectivity index (χ1n) is 5.55. The summed E-state index contributed by atoms with van der Waals surface area (Å²) >= 11 is 0. The third kappa shape index (κ3) is 1.58. The van der Waals surface area contributed by atoms with Crippen LogP contribution in [0, 0.1) is 6.92 Å². The fourth-order valence-electron chi connectivity index (χ4n) is 2.01. The lowest BCUT2D eigenvalue weighted by molar-refractivity contribution is 0.0977. The Morgan fingerprint density at radius 1 is 1.44 bits per heavy atom. The fourth-order valence-corrected chi connectivity index (χ4v) is 2.01. The van der Waals surface area contributed by atoms with Crippen molar-refractivity contribution in [3.63, 3.8) is 0 Å². The average Bonchev–Trinajstić information content (AvgIpc) is 2.59. The van der Waals surface area contributed by atoms with E-state index in [1.54, 1.807) is 0 Å². The van der Waals surface area contributed by atoms with Gasteiger partial charge in [0.1, 0.15) is 0 Å². The molecule has 3 N–H and O–H groups in total. The number of aromatic nitrogens is 1. The normalized spacial score (nSPS) is 10.9. The number of fused-ring (bicyclic) bond motifs is 1. The van der Waals surface area contributed by atoms with E-state index in [1.165, 1.54) is 0 Å². The van der Waals surface area contributed by atoms with E-state index in [0.29, 0.717) is 17.8 Å². The predicted molar refractivity (Wildman–Crippen MR) is 66.7 cm³/mol. The Bertz CT molecular complexity index is 540. The maximum atomic E-state index is 11.9. The van der Waals surface area contributed by atoms with Gasteiger partial charge in [-0.3, -0.25) is 4.79 Å². The Kier molecular flexibility index (Phi) is 2.69. The van der Waals surface area contributed by atoms with E-state index in [-0.39, 0.29) is 5.78 Å². The number of nitrogen functional groups attached to an aromatic ring is 1. The zero-order chi connectivity index (χ0) is 11.7. The van der Waals surface area contributed by atoms with Crippen molar-refractivity contribution in [3.05, 3.63) is 29.5 Å². The molecule has 0 saturated carbocycles. The number of hydrogen-bond donors (Lipinski definition) is 2. The summed E-state index contributed by atoms with van der Waals surface area (Å²) in [6, 6.07) is 5.74. The second-order valence-electron chi connectivity index (χ2n) is 4.07. The topological polar surface area (TPSA) is 58.9 Å². The number of anilines is 1. The number of Topliss-reactive ketones (excluding diaryl/α,β-unsaturated/α-hetero) is 1. The van der Waals surface area contributed by atoms with Crippen LogP contribution in [-0.2, 0) is 0 Å². The van der Waals surface area contributed by atoms with E-state index in [0.717, 1.165) is 22.9 Å². The molecule has 0 aliphatic heterocycles. The quantitative estimate of drug-likeness (QED) is 0.612. The van der Waals surface area contributed by atoms with Gasteiger partial charge in [0, 0.05) is 11.8 Å². The van der Waals surface area contributed by atoms with Gasteiger partial charge >= 0.3 is 0 Å². The molecule has 0 spiro atoms. The maximum Gasteiger partial charge on any atom is 0.179 e. The van der Waals surface area contributed by atoms with Gasteiger partial charge in [-0.05, 0) is 25.0 Å². The zero-order valence-electron chi connectivity index (χ0n) is 9.63. The summed E-state index contributed by atoms with van der Waals surface area (Å²) in [7, 11) is 0. The number of carbonyl (C=O) groups excluding carboxylic acids is 1. The van der Waals surface area contributed by atoms with Crippen LogP contribution < -0.4 is 5.73 Å². The molecule has 0 fully saturated rings. The van der Waals surface area contributed by atoms with Gasteiger partial charge in [0.15, 0.2) is 5.78 Å². The molecule has 0 aliphatic rings. The summed E-state index contributed by atoms with van der Waals surface area (Å²) in [5.41, 5.74) is 9.14. The highest BCUT2D eigenvalue weighted by Crippen LogP contribution is 2.26. The zero-order valence-corrected chi connectivity index (χ0v) is 9.63. The molecule has 3 heteroatoms. The first-order chi connectivity index (χ1) is 7.65. The Balaban J connectivity index is 2.60. The number of ketones is 1. The van der Waals surface area contributed by atoms with Crippen LogP contribution in [0.1, 0.15) is 35.8 Å². The van der Waals surface area contributed by atoms with Crippen LogP contribution >= 0.6 is 0 Å². The smallest absolute Gasteiger partial charge is 0.179 e. The Labute approximate surface area is 94.6 Å². The van der Waals surface area contributed by atoms with Gasteiger partial charge < -0.3 is 10.7 Å². The predicted octanol–water partition coefficient (Wildman–Crippen LogP) is 3.04. The number of rotatable bonds is 3. The number of H-pyrrole nitrogens is 1. The first-order valence-corrected chi connectivity index (χ1v) is 5.55. The fraction of sp³-hybridized carbons (Fsp3) is 0.308. The lowest BCUT2D eigenvalue weighted by atomic mass is 10.1.